The first-order valence-electron chi connectivity index (χ1n) is 7.92. The fourth-order valence-corrected chi connectivity index (χ4v) is 2.28. The molecule has 0 aliphatic rings. The lowest BCUT2D eigenvalue weighted by Gasteiger charge is -2.13. The van der Waals surface area contributed by atoms with Gasteiger partial charge in [0.1, 0.15) is 17.4 Å². The average Bonchev–Trinajstić information content (AvgIpc) is 2.64. The van der Waals surface area contributed by atoms with E-state index in [2.05, 4.69) is 10.6 Å². The van der Waals surface area contributed by atoms with Crippen molar-refractivity contribution in [2.24, 2.45) is 0 Å². The van der Waals surface area contributed by atoms with Crippen molar-refractivity contribution in [1.29, 1.82) is 0 Å². The second-order valence-corrected chi connectivity index (χ2v) is 5.44. The molecule has 0 unspecified atom stereocenters. The third kappa shape index (κ3) is 4.57. The van der Waals surface area contributed by atoms with Crippen LogP contribution in [0.25, 0.3) is 0 Å². The quantitative estimate of drug-likeness (QED) is 0.668. The number of anilines is 2. The van der Waals surface area contributed by atoms with Crippen molar-refractivity contribution >= 4 is 17.3 Å². The Morgan fingerprint density at radius 2 is 1.62 bits per heavy atom. The predicted octanol–water partition coefficient (Wildman–Crippen LogP) is 4.81. The number of para-hydroxylation sites is 3. The molecule has 0 saturated heterocycles. The van der Waals surface area contributed by atoms with Gasteiger partial charge in [-0.25, -0.2) is 8.78 Å². The van der Waals surface area contributed by atoms with Gasteiger partial charge in [0.2, 0.25) is 5.91 Å². The monoisotopic (exact) mass is 354 g/mol. The summed E-state index contributed by atoms with van der Waals surface area (Å²) in [6, 6.07) is 19.4. The number of amides is 1. The maximum Gasteiger partial charge on any atom is 0.243 e. The van der Waals surface area contributed by atoms with Gasteiger partial charge in [-0.1, -0.05) is 30.3 Å². The zero-order valence-corrected chi connectivity index (χ0v) is 13.7. The summed E-state index contributed by atoms with van der Waals surface area (Å²) in [5, 5.41) is 5.34. The molecule has 0 spiro atoms. The van der Waals surface area contributed by atoms with Crippen LogP contribution in [0.3, 0.4) is 0 Å². The molecule has 0 bridgehead atoms. The lowest BCUT2D eigenvalue weighted by molar-refractivity contribution is -0.114. The second kappa shape index (κ2) is 8.11. The highest BCUT2D eigenvalue weighted by atomic mass is 19.1. The molecule has 1 amide bonds. The number of nitrogens with one attached hydrogen (secondary N) is 2. The molecular weight excluding hydrogens is 338 g/mol. The summed E-state index contributed by atoms with van der Waals surface area (Å²) in [6.07, 6.45) is 0. The minimum absolute atomic E-state index is 0.0768. The molecule has 26 heavy (non-hydrogen) atoms. The Labute approximate surface area is 149 Å². The van der Waals surface area contributed by atoms with E-state index in [1.807, 2.05) is 36.4 Å². The topological polar surface area (TPSA) is 50.4 Å². The lowest BCUT2D eigenvalue weighted by atomic mass is 10.2. The van der Waals surface area contributed by atoms with Crippen molar-refractivity contribution in [2.75, 3.05) is 17.2 Å². The van der Waals surface area contributed by atoms with E-state index in [1.165, 1.54) is 6.07 Å². The van der Waals surface area contributed by atoms with Gasteiger partial charge >= 0.3 is 0 Å². The van der Waals surface area contributed by atoms with Crippen LogP contribution in [0.1, 0.15) is 0 Å². The van der Waals surface area contributed by atoms with Gasteiger partial charge in [0.15, 0.2) is 5.75 Å². The van der Waals surface area contributed by atoms with E-state index >= 15 is 0 Å². The molecule has 0 saturated carbocycles. The van der Waals surface area contributed by atoms with Gasteiger partial charge in [0.25, 0.3) is 0 Å². The first kappa shape index (κ1) is 17.4. The first-order chi connectivity index (χ1) is 12.6. The number of carbonyl (C=O) groups is 1. The van der Waals surface area contributed by atoms with Gasteiger partial charge in [-0.2, -0.15) is 0 Å². The molecule has 4 nitrogen and oxygen atoms in total. The highest BCUT2D eigenvalue weighted by Crippen LogP contribution is 2.28. The van der Waals surface area contributed by atoms with E-state index in [9.17, 15) is 13.6 Å². The number of rotatable bonds is 6. The minimum Gasteiger partial charge on any atom is -0.455 e. The van der Waals surface area contributed by atoms with Crippen LogP contribution in [0.15, 0.2) is 72.8 Å². The fourth-order valence-electron chi connectivity index (χ4n) is 2.28. The van der Waals surface area contributed by atoms with Crippen molar-refractivity contribution < 1.29 is 18.3 Å². The largest absolute Gasteiger partial charge is 0.455 e. The highest BCUT2D eigenvalue weighted by molar-refractivity contribution is 5.94. The van der Waals surface area contributed by atoms with Crippen LogP contribution in [0, 0.1) is 11.6 Å². The van der Waals surface area contributed by atoms with Crippen LogP contribution in [0.4, 0.5) is 20.2 Å². The van der Waals surface area contributed by atoms with Crippen LogP contribution in [0.5, 0.6) is 11.5 Å². The maximum atomic E-state index is 13.6. The second-order valence-electron chi connectivity index (χ2n) is 5.44. The Morgan fingerprint density at radius 3 is 2.38 bits per heavy atom. The molecule has 0 fully saturated rings. The van der Waals surface area contributed by atoms with Crippen LogP contribution in [0.2, 0.25) is 0 Å². The number of carbonyl (C=O) groups excluding carboxylic acids is 1. The van der Waals surface area contributed by atoms with Gasteiger partial charge in [-0.15, -0.1) is 0 Å². The molecule has 3 rings (SSSR count). The molecule has 0 atom stereocenters. The molecule has 0 aromatic heterocycles. The molecule has 6 heteroatoms. The van der Waals surface area contributed by atoms with Crippen molar-refractivity contribution in [3.8, 4) is 11.5 Å². The zero-order valence-electron chi connectivity index (χ0n) is 13.7. The van der Waals surface area contributed by atoms with Crippen LogP contribution in [-0.2, 0) is 4.79 Å². The number of hydrogen-bond donors (Lipinski definition) is 2. The van der Waals surface area contributed by atoms with E-state index in [0.29, 0.717) is 23.3 Å². The summed E-state index contributed by atoms with van der Waals surface area (Å²) in [7, 11) is 0. The predicted molar refractivity (Wildman–Crippen MR) is 96.4 cm³/mol. The normalized spacial score (nSPS) is 10.2. The Balaban J connectivity index is 1.63. The van der Waals surface area contributed by atoms with Gasteiger partial charge in [0.05, 0.1) is 17.9 Å². The van der Waals surface area contributed by atoms with E-state index in [4.69, 9.17) is 4.74 Å². The number of ether oxygens (including phenoxy) is 1. The Kier molecular flexibility index (Phi) is 5.43. The van der Waals surface area contributed by atoms with Gasteiger partial charge < -0.3 is 15.4 Å². The molecule has 0 radical (unpaired) electrons. The number of halogens is 2. The summed E-state index contributed by atoms with van der Waals surface area (Å²) in [6.45, 7) is -0.105. The molecule has 3 aromatic rings. The third-order valence-electron chi connectivity index (χ3n) is 3.50. The van der Waals surface area contributed by atoms with Crippen LogP contribution < -0.4 is 15.4 Å². The minimum atomic E-state index is -0.828. The molecule has 3 aromatic carbocycles. The molecule has 0 aliphatic carbocycles. The molecule has 132 valence electrons. The standard InChI is InChI=1S/C20H16F2N2O2/c21-14-10-11-17(16(22)12-14)24-20(25)13-23-18-8-4-5-9-19(18)26-15-6-2-1-3-7-15/h1-12,23H,13H2,(H,24,25). The van der Waals surface area contributed by atoms with Gasteiger partial charge in [-0.05, 0) is 36.4 Å². The van der Waals surface area contributed by atoms with Crippen molar-refractivity contribution in [3.05, 3.63) is 84.4 Å². The summed E-state index contributed by atoms with van der Waals surface area (Å²) in [5.41, 5.74) is 0.540. The summed E-state index contributed by atoms with van der Waals surface area (Å²) >= 11 is 0. The van der Waals surface area contributed by atoms with E-state index in [0.717, 1.165) is 6.07 Å². The summed E-state index contributed by atoms with van der Waals surface area (Å²) in [5.74, 6) is -0.777. The number of hydrogen-bond acceptors (Lipinski definition) is 3. The van der Waals surface area contributed by atoms with E-state index < -0.39 is 17.5 Å². The average molecular weight is 354 g/mol. The van der Waals surface area contributed by atoms with Gasteiger partial charge in [0, 0.05) is 6.07 Å². The molecular formula is C20H16F2N2O2. The molecule has 0 heterocycles. The fraction of sp³-hybridized carbons (Fsp3) is 0.0500. The van der Waals surface area contributed by atoms with E-state index in [1.54, 1.807) is 18.2 Å². The maximum absolute atomic E-state index is 13.6. The zero-order chi connectivity index (χ0) is 18.4. The van der Waals surface area contributed by atoms with Crippen molar-refractivity contribution in [3.63, 3.8) is 0 Å². The van der Waals surface area contributed by atoms with Crippen molar-refractivity contribution in [1.82, 2.24) is 0 Å². The highest BCUT2D eigenvalue weighted by Gasteiger charge is 2.10. The Bertz CT molecular complexity index is 901. The lowest BCUT2D eigenvalue weighted by Crippen LogP contribution is -2.22. The van der Waals surface area contributed by atoms with Crippen molar-refractivity contribution in [2.45, 2.75) is 0 Å². The number of benzene rings is 3. The molecule has 0 aliphatic heterocycles. The van der Waals surface area contributed by atoms with Crippen LogP contribution in [-0.4, -0.2) is 12.5 Å². The SMILES string of the molecule is O=C(CNc1ccccc1Oc1ccccc1)Nc1ccc(F)cc1F. The third-order valence-corrected chi connectivity index (χ3v) is 3.50. The Hall–Kier alpha value is -3.41. The summed E-state index contributed by atoms with van der Waals surface area (Å²) < 4.78 is 32.3. The Morgan fingerprint density at radius 1 is 0.885 bits per heavy atom. The summed E-state index contributed by atoms with van der Waals surface area (Å²) in [4.78, 5) is 12.0. The molecule has 2 N–H and O–H groups in total. The smallest absolute Gasteiger partial charge is 0.243 e. The first-order valence-corrected chi connectivity index (χ1v) is 7.92. The van der Waals surface area contributed by atoms with E-state index in [-0.39, 0.29) is 12.2 Å². The van der Waals surface area contributed by atoms with Crippen LogP contribution >= 0.6 is 0 Å². The van der Waals surface area contributed by atoms with Gasteiger partial charge in [-0.3, -0.25) is 4.79 Å².